The van der Waals surface area contributed by atoms with Crippen LogP contribution in [0.4, 0.5) is 0 Å². The topological polar surface area (TPSA) is 34.1 Å². The Morgan fingerprint density at radius 2 is 1.82 bits per heavy atom. The summed E-state index contributed by atoms with van der Waals surface area (Å²) in [5.74, 6) is 3.96. The Morgan fingerprint density at radius 3 is 2.64 bits per heavy atom. The van der Waals surface area contributed by atoms with Crippen LogP contribution in [0.3, 0.4) is 0 Å². The van der Waals surface area contributed by atoms with Gasteiger partial charge in [0.25, 0.3) is 0 Å². The first kappa shape index (κ1) is 13.5. The SMILES string of the molecule is C[C@]12CC[C@H]3[C@@H](CCC4=CC(=O)C5CC5[C@@]43C)[C@@H]1CCC2=O. The van der Waals surface area contributed by atoms with Crippen molar-refractivity contribution >= 4 is 11.6 Å². The fourth-order valence-corrected chi connectivity index (χ4v) is 7.23. The quantitative estimate of drug-likeness (QED) is 0.678. The normalized spacial score (nSPS) is 55.7. The number of carbonyl (C=O) groups excluding carboxylic acids is 2. The molecule has 0 bridgehead atoms. The Labute approximate surface area is 132 Å². The van der Waals surface area contributed by atoms with Gasteiger partial charge in [0, 0.05) is 17.8 Å². The van der Waals surface area contributed by atoms with E-state index in [2.05, 4.69) is 13.8 Å². The molecule has 0 amide bonds. The zero-order chi connectivity index (χ0) is 15.3. The molecular formula is C20H26O2. The van der Waals surface area contributed by atoms with Crippen molar-refractivity contribution in [1.82, 2.24) is 0 Å². The number of allylic oxidation sites excluding steroid dienone is 1. The van der Waals surface area contributed by atoms with Crippen LogP contribution >= 0.6 is 0 Å². The zero-order valence-electron chi connectivity index (χ0n) is 13.7. The van der Waals surface area contributed by atoms with E-state index in [0.717, 1.165) is 43.9 Å². The maximum Gasteiger partial charge on any atom is 0.159 e. The van der Waals surface area contributed by atoms with Gasteiger partial charge >= 0.3 is 0 Å². The largest absolute Gasteiger partial charge is 0.299 e. The number of fused-ring (bicyclic) bond motifs is 7. The first-order valence-electron chi connectivity index (χ1n) is 9.24. The third-order valence-corrected chi connectivity index (χ3v) is 8.60. The molecule has 5 aliphatic rings. The number of hydrogen-bond donors (Lipinski definition) is 0. The fourth-order valence-electron chi connectivity index (χ4n) is 7.23. The van der Waals surface area contributed by atoms with E-state index in [-0.39, 0.29) is 10.8 Å². The van der Waals surface area contributed by atoms with E-state index < -0.39 is 0 Å². The summed E-state index contributed by atoms with van der Waals surface area (Å²) in [4.78, 5) is 24.6. The molecule has 5 rings (SSSR count). The third kappa shape index (κ3) is 1.39. The molecule has 0 heterocycles. The van der Waals surface area contributed by atoms with Crippen molar-refractivity contribution in [2.75, 3.05) is 0 Å². The van der Waals surface area contributed by atoms with Gasteiger partial charge in [0.2, 0.25) is 0 Å². The molecule has 4 saturated carbocycles. The third-order valence-electron chi connectivity index (χ3n) is 8.60. The maximum atomic E-state index is 12.4. The summed E-state index contributed by atoms with van der Waals surface area (Å²) < 4.78 is 0. The van der Waals surface area contributed by atoms with Crippen LogP contribution in [0, 0.1) is 40.4 Å². The van der Waals surface area contributed by atoms with Gasteiger partial charge in [0.1, 0.15) is 5.78 Å². The minimum atomic E-state index is -0.0216. The molecule has 2 heteroatoms. The predicted molar refractivity (Wildman–Crippen MR) is 84.1 cm³/mol. The Morgan fingerprint density at radius 1 is 1.00 bits per heavy atom. The van der Waals surface area contributed by atoms with Gasteiger partial charge in [0.05, 0.1) is 0 Å². The minimum Gasteiger partial charge on any atom is -0.299 e. The molecule has 0 radical (unpaired) electrons. The molecule has 0 saturated heterocycles. The molecule has 2 unspecified atom stereocenters. The Kier molecular flexibility index (Phi) is 2.42. The average molecular weight is 298 g/mol. The summed E-state index contributed by atoms with van der Waals surface area (Å²) in [6.07, 6.45) is 9.70. The number of rotatable bonds is 0. The van der Waals surface area contributed by atoms with E-state index in [9.17, 15) is 9.59 Å². The zero-order valence-corrected chi connectivity index (χ0v) is 13.7. The van der Waals surface area contributed by atoms with Gasteiger partial charge in [0.15, 0.2) is 5.78 Å². The van der Waals surface area contributed by atoms with Crippen molar-refractivity contribution in [3.63, 3.8) is 0 Å². The van der Waals surface area contributed by atoms with E-state index in [1.165, 1.54) is 18.4 Å². The number of Topliss-reactive ketones (excluding diaryl/α,β-unsaturated/α-hetero) is 1. The summed E-state index contributed by atoms with van der Waals surface area (Å²) in [6.45, 7) is 4.72. The van der Waals surface area contributed by atoms with Crippen molar-refractivity contribution in [3.8, 4) is 0 Å². The van der Waals surface area contributed by atoms with Crippen molar-refractivity contribution in [2.45, 2.75) is 58.8 Å². The minimum absolute atomic E-state index is 0.0216. The van der Waals surface area contributed by atoms with E-state index in [0.29, 0.717) is 29.3 Å². The monoisotopic (exact) mass is 298 g/mol. The predicted octanol–water partition coefficient (Wildman–Crippen LogP) is 3.94. The molecule has 5 aliphatic carbocycles. The molecule has 0 N–H and O–H groups in total. The van der Waals surface area contributed by atoms with Crippen LogP contribution < -0.4 is 0 Å². The number of ketones is 2. The highest BCUT2D eigenvalue weighted by atomic mass is 16.1. The first-order valence-corrected chi connectivity index (χ1v) is 9.24. The lowest BCUT2D eigenvalue weighted by Gasteiger charge is -2.57. The van der Waals surface area contributed by atoms with E-state index >= 15 is 0 Å². The van der Waals surface area contributed by atoms with Crippen LogP contribution in [0.5, 0.6) is 0 Å². The highest BCUT2D eigenvalue weighted by Gasteiger charge is 2.65. The van der Waals surface area contributed by atoms with Crippen molar-refractivity contribution in [3.05, 3.63) is 11.6 Å². The van der Waals surface area contributed by atoms with Crippen molar-refractivity contribution < 1.29 is 9.59 Å². The summed E-state index contributed by atoms with van der Waals surface area (Å²) in [7, 11) is 0. The molecule has 118 valence electrons. The second-order valence-corrected chi connectivity index (χ2v) is 9.14. The fraction of sp³-hybridized carbons (Fsp3) is 0.800. The van der Waals surface area contributed by atoms with Crippen LogP contribution in [0.1, 0.15) is 58.8 Å². The first-order chi connectivity index (χ1) is 10.5. The molecule has 0 spiro atoms. The Balaban J connectivity index is 1.56. The van der Waals surface area contributed by atoms with Gasteiger partial charge in [-0.05, 0) is 73.7 Å². The van der Waals surface area contributed by atoms with Crippen molar-refractivity contribution in [1.29, 1.82) is 0 Å². The van der Waals surface area contributed by atoms with Gasteiger partial charge in [-0.25, -0.2) is 0 Å². The summed E-state index contributed by atoms with van der Waals surface area (Å²) >= 11 is 0. The molecule has 2 nitrogen and oxygen atoms in total. The second-order valence-electron chi connectivity index (χ2n) is 9.14. The van der Waals surface area contributed by atoms with E-state index in [1.807, 2.05) is 6.08 Å². The van der Waals surface area contributed by atoms with Gasteiger partial charge < -0.3 is 0 Å². The Hall–Kier alpha value is -0.920. The van der Waals surface area contributed by atoms with Gasteiger partial charge in [-0.1, -0.05) is 19.4 Å². The lowest BCUT2D eigenvalue weighted by Crippen LogP contribution is -2.51. The molecule has 0 aromatic heterocycles. The van der Waals surface area contributed by atoms with Gasteiger partial charge in [-0.2, -0.15) is 0 Å². The highest BCUT2D eigenvalue weighted by molar-refractivity contribution is 5.96. The Bertz CT molecular complexity index is 617. The molecule has 0 aromatic carbocycles. The summed E-state index contributed by atoms with van der Waals surface area (Å²) in [6, 6.07) is 0. The molecular weight excluding hydrogens is 272 g/mol. The standard InChI is InChI=1S/C20H26O2/c1-19-8-7-15-12(14(19)5-6-18(19)22)4-3-11-9-17(21)13-10-16(13)20(11,15)2/h9,12-16H,3-8,10H2,1-2H3/t12-,13?,14-,15-,16?,19-,20-/m0/s1. The average Bonchev–Trinajstić information content (AvgIpc) is 3.24. The molecule has 0 aliphatic heterocycles. The number of carbonyl (C=O) groups is 2. The van der Waals surface area contributed by atoms with Crippen molar-refractivity contribution in [2.24, 2.45) is 40.4 Å². The van der Waals surface area contributed by atoms with Crippen LogP contribution in [0.2, 0.25) is 0 Å². The molecule has 22 heavy (non-hydrogen) atoms. The van der Waals surface area contributed by atoms with Crippen LogP contribution in [0.25, 0.3) is 0 Å². The molecule has 7 atom stereocenters. The molecule has 4 fully saturated rings. The smallest absolute Gasteiger partial charge is 0.159 e. The van der Waals surface area contributed by atoms with Gasteiger partial charge in [-0.3, -0.25) is 9.59 Å². The van der Waals surface area contributed by atoms with Crippen LogP contribution in [-0.2, 0) is 9.59 Å². The lowest BCUT2D eigenvalue weighted by atomic mass is 9.47. The van der Waals surface area contributed by atoms with E-state index in [4.69, 9.17) is 0 Å². The van der Waals surface area contributed by atoms with Gasteiger partial charge in [-0.15, -0.1) is 0 Å². The van der Waals surface area contributed by atoms with Crippen LogP contribution in [-0.4, -0.2) is 11.6 Å². The number of hydrogen-bond acceptors (Lipinski definition) is 2. The molecule has 0 aromatic rings. The highest BCUT2D eigenvalue weighted by Crippen LogP contribution is 2.70. The lowest BCUT2D eigenvalue weighted by molar-refractivity contribution is -0.132. The van der Waals surface area contributed by atoms with E-state index in [1.54, 1.807) is 0 Å². The second kappa shape index (κ2) is 3.94. The van der Waals surface area contributed by atoms with Crippen LogP contribution in [0.15, 0.2) is 11.6 Å². The maximum absolute atomic E-state index is 12.4. The summed E-state index contributed by atoms with van der Waals surface area (Å²) in [5, 5.41) is 0. The summed E-state index contributed by atoms with van der Waals surface area (Å²) in [5.41, 5.74) is 1.71.